The van der Waals surface area contributed by atoms with Crippen LogP contribution in [0.25, 0.3) is 0 Å². The molecule has 1 atom stereocenters. The molecule has 1 heterocycles. The van der Waals surface area contributed by atoms with Crippen molar-refractivity contribution in [2.45, 2.75) is 58.5 Å². The monoisotopic (exact) mass is 253 g/mol. The maximum Gasteiger partial charge on any atom is 0.235 e. The third-order valence-corrected chi connectivity index (χ3v) is 4.44. The van der Waals surface area contributed by atoms with Gasteiger partial charge in [0.1, 0.15) is 0 Å². The molecular weight excluding hydrogens is 230 g/mol. The van der Waals surface area contributed by atoms with Crippen LogP contribution in [0.2, 0.25) is 0 Å². The van der Waals surface area contributed by atoms with Gasteiger partial charge in [-0.15, -0.1) is 0 Å². The summed E-state index contributed by atoms with van der Waals surface area (Å²) in [4.78, 5) is 25.8. The number of rotatable bonds is 3. The molecule has 2 fully saturated rings. The molecule has 18 heavy (non-hydrogen) atoms. The molecule has 102 valence electrons. The number of imide groups is 1. The van der Waals surface area contributed by atoms with Crippen molar-refractivity contribution in [3.63, 3.8) is 0 Å². The topological polar surface area (TPSA) is 57.6 Å². The lowest BCUT2D eigenvalue weighted by molar-refractivity contribution is -0.144. The van der Waals surface area contributed by atoms with E-state index >= 15 is 0 Å². The van der Waals surface area contributed by atoms with Crippen LogP contribution in [-0.4, -0.2) is 34.5 Å². The molecule has 0 aromatic rings. The number of carbonyl (C=O) groups excluding carboxylic acids is 2. The minimum atomic E-state index is -0.614. The molecule has 0 bridgehead atoms. The largest absolute Gasteiger partial charge is 0.391 e. The van der Waals surface area contributed by atoms with E-state index in [-0.39, 0.29) is 24.3 Å². The van der Waals surface area contributed by atoms with E-state index < -0.39 is 11.5 Å². The Labute approximate surface area is 108 Å². The first-order valence-electron chi connectivity index (χ1n) is 6.99. The number of aliphatic hydroxyl groups is 1. The maximum absolute atomic E-state index is 12.4. The number of likely N-dealkylation sites (tertiary alicyclic amines) is 1. The standard InChI is InChI=1S/C14H23NO3/c1-10(2)11(16)9-15-12(17)8-14(13(15)18)6-4-3-5-7-14/h10-11,16H,3-9H2,1-2H3. The predicted octanol–water partition coefficient (Wildman–Crippen LogP) is 1.71. The van der Waals surface area contributed by atoms with Gasteiger partial charge < -0.3 is 5.11 Å². The molecule has 2 rings (SSSR count). The van der Waals surface area contributed by atoms with E-state index in [9.17, 15) is 14.7 Å². The van der Waals surface area contributed by atoms with Crippen LogP contribution in [0.3, 0.4) is 0 Å². The number of β-amino-alcohol motifs (C(OH)–C–C–N with tert-alkyl or cyclic N) is 1. The Hall–Kier alpha value is -0.900. The Morgan fingerprint density at radius 1 is 1.22 bits per heavy atom. The van der Waals surface area contributed by atoms with Crippen molar-refractivity contribution in [3.8, 4) is 0 Å². The summed E-state index contributed by atoms with van der Waals surface area (Å²) in [5.41, 5.74) is -0.425. The number of amides is 2. The van der Waals surface area contributed by atoms with Crippen molar-refractivity contribution in [2.24, 2.45) is 11.3 Å². The Kier molecular flexibility index (Phi) is 3.76. The minimum Gasteiger partial charge on any atom is -0.391 e. The van der Waals surface area contributed by atoms with E-state index in [4.69, 9.17) is 0 Å². The van der Waals surface area contributed by atoms with E-state index in [1.807, 2.05) is 13.8 Å². The summed E-state index contributed by atoms with van der Waals surface area (Å²) < 4.78 is 0. The summed E-state index contributed by atoms with van der Waals surface area (Å²) >= 11 is 0. The molecule has 2 amide bonds. The zero-order chi connectivity index (χ0) is 13.3. The molecule has 1 spiro atoms. The van der Waals surface area contributed by atoms with E-state index in [0.717, 1.165) is 32.1 Å². The highest BCUT2D eigenvalue weighted by molar-refractivity contribution is 6.05. The first-order chi connectivity index (χ1) is 8.46. The van der Waals surface area contributed by atoms with Gasteiger partial charge in [0.2, 0.25) is 11.8 Å². The van der Waals surface area contributed by atoms with Crippen molar-refractivity contribution in [1.82, 2.24) is 4.90 Å². The smallest absolute Gasteiger partial charge is 0.235 e. The number of aliphatic hydroxyl groups excluding tert-OH is 1. The number of nitrogens with zero attached hydrogens (tertiary/aromatic N) is 1. The average molecular weight is 253 g/mol. The highest BCUT2D eigenvalue weighted by Gasteiger charge is 2.51. The summed E-state index contributed by atoms with van der Waals surface area (Å²) in [5.74, 6) is -0.0676. The maximum atomic E-state index is 12.4. The van der Waals surface area contributed by atoms with Crippen LogP contribution in [0, 0.1) is 11.3 Å². The second-order valence-corrected chi connectivity index (χ2v) is 6.14. The molecule has 1 aliphatic heterocycles. The van der Waals surface area contributed by atoms with Gasteiger partial charge in [-0.2, -0.15) is 0 Å². The Morgan fingerprint density at radius 2 is 1.83 bits per heavy atom. The fourth-order valence-electron chi connectivity index (χ4n) is 3.06. The van der Waals surface area contributed by atoms with Crippen LogP contribution in [-0.2, 0) is 9.59 Å². The van der Waals surface area contributed by atoms with Gasteiger partial charge in [-0.05, 0) is 18.8 Å². The van der Waals surface area contributed by atoms with Crippen LogP contribution < -0.4 is 0 Å². The van der Waals surface area contributed by atoms with Crippen LogP contribution in [0.1, 0.15) is 52.4 Å². The summed E-state index contributed by atoms with van der Waals surface area (Å²) in [7, 11) is 0. The summed E-state index contributed by atoms with van der Waals surface area (Å²) in [5, 5.41) is 9.86. The van der Waals surface area contributed by atoms with E-state index in [2.05, 4.69) is 0 Å². The van der Waals surface area contributed by atoms with Gasteiger partial charge in [0.05, 0.1) is 18.1 Å². The summed E-state index contributed by atoms with van der Waals surface area (Å²) in [6.45, 7) is 3.95. The van der Waals surface area contributed by atoms with Crippen LogP contribution >= 0.6 is 0 Å². The Balaban J connectivity index is 2.09. The molecule has 2 aliphatic rings. The average Bonchev–Trinajstić information content (AvgIpc) is 2.55. The van der Waals surface area contributed by atoms with Gasteiger partial charge in [0.25, 0.3) is 0 Å². The summed E-state index contributed by atoms with van der Waals surface area (Å²) in [6, 6.07) is 0. The Bertz CT molecular complexity index is 345. The van der Waals surface area contributed by atoms with E-state index in [0.29, 0.717) is 6.42 Å². The lowest BCUT2D eigenvalue weighted by atomic mass is 9.73. The number of hydrogen-bond acceptors (Lipinski definition) is 3. The van der Waals surface area contributed by atoms with Crippen LogP contribution in [0.15, 0.2) is 0 Å². The molecule has 1 saturated carbocycles. The fraction of sp³-hybridized carbons (Fsp3) is 0.857. The highest BCUT2D eigenvalue weighted by atomic mass is 16.3. The number of carbonyl (C=O) groups is 2. The van der Waals surface area contributed by atoms with E-state index in [1.54, 1.807) is 0 Å². The van der Waals surface area contributed by atoms with Gasteiger partial charge in [0, 0.05) is 6.42 Å². The van der Waals surface area contributed by atoms with Crippen molar-refractivity contribution in [2.75, 3.05) is 6.54 Å². The molecule has 1 N–H and O–H groups in total. The van der Waals surface area contributed by atoms with Gasteiger partial charge in [-0.3, -0.25) is 14.5 Å². The molecule has 1 saturated heterocycles. The van der Waals surface area contributed by atoms with Crippen molar-refractivity contribution >= 4 is 11.8 Å². The van der Waals surface area contributed by atoms with Crippen LogP contribution in [0.5, 0.6) is 0 Å². The third kappa shape index (κ3) is 2.30. The van der Waals surface area contributed by atoms with Gasteiger partial charge in [0.15, 0.2) is 0 Å². The van der Waals surface area contributed by atoms with E-state index in [1.165, 1.54) is 4.90 Å². The molecule has 1 unspecified atom stereocenters. The second kappa shape index (κ2) is 5.00. The lowest BCUT2D eigenvalue weighted by Crippen LogP contribution is -2.42. The third-order valence-electron chi connectivity index (χ3n) is 4.44. The molecule has 0 aromatic carbocycles. The molecule has 1 aliphatic carbocycles. The quantitative estimate of drug-likeness (QED) is 0.779. The molecule has 0 radical (unpaired) electrons. The summed E-state index contributed by atoms with van der Waals surface area (Å²) in [6.07, 6.45) is 4.67. The van der Waals surface area contributed by atoms with Crippen molar-refractivity contribution < 1.29 is 14.7 Å². The lowest BCUT2D eigenvalue weighted by Gasteiger charge is -2.31. The zero-order valence-corrected chi connectivity index (χ0v) is 11.3. The SMILES string of the molecule is CC(C)C(O)CN1C(=O)CC2(CCCCC2)C1=O. The molecule has 0 aromatic heterocycles. The second-order valence-electron chi connectivity index (χ2n) is 6.14. The normalized spacial score (nSPS) is 25.2. The Morgan fingerprint density at radius 3 is 2.39 bits per heavy atom. The number of hydrogen-bond donors (Lipinski definition) is 1. The first kappa shape index (κ1) is 13.5. The molecular formula is C14H23NO3. The minimum absolute atomic E-state index is 0.0353. The van der Waals surface area contributed by atoms with Crippen molar-refractivity contribution in [1.29, 1.82) is 0 Å². The fourth-order valence-corrected chi connectivity index (χ4v) is 3.06. The predicted molar refractivity (Wildman–Crippen MR) is 67.7 cm³/mol. The van der Waals surface area contributed by atoms with Crippen molar-refractivity contribution in [3.05, 3.63) is 0 Å². The van der Waals surface area contributed by atoms with Gasteiger partial charge in [-0.1, -0.05) is 33.1 Å². The first-order valence-corrected chi connectivity index (χ1v) is 6.99. The van der Waals surface area contributed by atoms with Crippen LogP contribution in [0.4, 0.5) is 0 Å². The van der Waals surface area contributed by atoms with Gasteiger partial charge >= 0.3 is 0 Å². The van der Waals surface area contributed by atoms with Gasteiger partial charge in [-0.25, -0.2) is 0 Å². The zero-order valence-electron chi connectivity index (χ0n) is 11.3. The molecule has 4 nitrogen and oxygen atoms in total. The molecule has 4 heteroatoms. The highest BCUT2D eigenvalue weighted by Crippen LogP contribution is 2.45.